The van der Waals surface area contributed by atoms with Crippen LogP contribution in [0.5, 0.6) is 0 Å². The van der Waals surface area contributed by atoms with Crippen LogP contribution in [0.3, 0.4) is 0 Å². The number of carbonyl (C=O) groups excluding carboxylic acids is 1. The van der Waals surface area contributed by atoms with Gasteiger partial charge in [0.1, 0.15) is 4.88 Å². The number of anilines is 1. The van der Waals surface area contributed by atoms with Crippen LogP contribution in [0.25, 0.3) is 0 Å². The van der Waals surface area contributed by atoms with Crippen molar-refractivity contribution in [3.8, 4) is 0 Å². The summed E-state index contributed by atoms with van der Waals surface area (Å²) in [6, 6.07) is 3.37. The van der Waals surface area contributed by atoms with Crippen LogP contribution in [0.1, 0.15) is 126 Å². The van der Waals surface area contributed by atoms with Crippen molar-refractivity contribution in [2.45, 2.75) is 117 Å². The average molecular weight is 438 g/mol. The average Bonchev–Trinajstić information content (AvgIpc) is 3.21. The van der Waals surface area contributed by atoms with Gasteiger partial charge in [0.05, 0.1) is 5.00 Å². The van der Waals surface area contributed by atoms with Gasteiger partial charge >= 0.3 is 5.97 Å². The highest BCUT2D eigenvalue weighted by molar-refractivity contribution is 7.18. The molecule has 0 radical (unpaired) electrons. The number of amides is 1. The third-order valence-corrected chi connectivity index (χ3v) is 6.67. The largest absolute Gasteiger partial charge is 0.477 e. The van der Waals surface area contributed by atoms with Crippen LogP contribution < -0.4 is 4.90 Å². The van der Waals surface area contributed by atoms with E-state index in [2.05, 4.69) is 6.92 Å². The summed E-state index contributed by atoms with van der Waals surface area (Å²) >= 11 is 1.20. The second-order valence-electron chi connectivity index (χ2n) is 8.33. The molecule has 1 aromatic heterocycles. The van der Waals surface area contributed by atoms with Gasteiger partial charge in [-0.05, 0) is 25.0 Å². The van der Waals surface area contributed by atoms with E-state index in [0.717, 1.165) is 24.3 Å². The van der Waals surface area contributed by atoms with E-state index in [1.165, 1.54) is 88.4 Å². The fourth-order valence-electron chi connectivity index (χ4n) is 3.76. The minimum absolute atomic E-state index is 0.103. The Morgan fingerprint density at radius 3 is 1.70 bits per heavy atom. The van der Waals surface area contributed by atoms with Crippen molar-refractivity contribution in [1.29, 1.82) is 0 Å². The highest BCUT2D eigenvalue weighted by atomic mass is 32.1. The third kappa shape index (κ3) is 11.7. The Hall–Kier alpha value is -1.36. The molecule has 1 heterocycles. The minimum Gasteiger partial charge on any atom is -0.477 e. The van der Waals surface area contributed by atoms with Gasteiger partial charge in [0.25, 0.3) is 0 Å². The zero-order valence-corrected chi connectivity index (χ0v) is 20.1. The maximum Gasteiger partial charge on any atom is 0.345 e. The van der Waals surface area contributed by atoms with E-state index in [-0.39, 0.29) is 5.91 Å². The number of carboxylic acids is 1. The van der Waals surface area contributed by atoms with Gasteiger partial charge in [0, 0.05) is 13.0 Å². The Morgan fingerprint density at radius 2 is 1.27 bits per heavy atom. The first-order valence-corrected chi connectivity index (χ1v) is 13.0. The van der Waals surface area contributed by atoms with Crippen molar-refractivity contribution in [2.24, 2.45) is 0 Å². The van der Waals surface area contributed by atoms with E-state index in [1.54, 1.807) is 17.0 Å². The maximum atomic E-state index is 12.5. The molecule has 0 unspecified atom stereocenters. The lowest BCUT2D eigenvalue weighted by Crippen LogP contribution is -2.30. The number of carbonyl (C=O) groups is 2. The maximum absolute atomic E-state index is 12.5. The molecular weight excluding hydrogens is 394 g/mol. The monoisotopic (exact) mass is 437 g/mol. The molecule has 4 nitrogen and oxygen atoms in total. The SMILES string of the molecule is CCCCCCCCCCCCCCCCN(C(=O)CCC)c1ccc(C(=O)O)s1. The molecule has 0 bridgehead atoms. The van der Waals surface area contributed by atoms with Crippen molar-refractivity contribution < 1.29 is 14.7 Å². The molecule has 0 aliphatic heterocycles. The quantitative estimate of drug-likeness (QED) is 0.223. The summed E-state index contributed by atoms with van der Waals surface area (Å²) in [5.41, 5.74) is 0. The lowest BCUT2D eigenvalue weighted by Gasteiger charge is -2.21. The van der Waals surface area contributed by atoms with Gasteiger partial charge in [-0.15, -0.1) is 11.3 Å². The van der Waals surface area contributed by atoms with E-state index in [0.29, 0.717) is 17.8 Å². The molecule has 1 rings (SSSR count). The number of hydrogen-bond donors (Lipinski definition) is 1. The molecule has 0 fully saturated rings. The molecule has 1 N–H and O–H groups in total. The van der Waals surface area contributed by atoms with E-state index in [4.69, 9.17) is 5.11 Å². The first-order chi connectivity index (χ1) is 14.6. The number of nitrogens with zero attached hydrogens (tertiary/aromatic N) is 1. The van der Waals surface area contributed by atoms with E-state index in [1.807, 2.05) is 6.92 Å². The number of aromatic carboxylic acids is 1. The van der Waals surface area contributed by atoms with Crippen molar-refractivity contribution >= 4 is 28.2 Å². The van der Waals surface area contributed by atoms with Gasteiger partial charge in [0.15, 0.2) is 0 Å². The molecule has 1 aromatic rings. The summed E-state index contributed by atoms with van der Waals surface area (Å²) in [7, 11) is 0. The number of thiophene rings is 1. The lowest BCUT2D eigenvalue weighted by molar-refractivity contribution is -0.118. The highest BCUT2D eigenvalue weighted by Crippen LogP contribution is 2.27. The van der Waals surface area contributed by atoms with Gasteiger partial charge in [-0.25, -0.2) is 4.79 Å². The summed E-state index contributed by atoms with van der Waals surface area (Å²) in [5, 5.41) is 9.90. The van der Waals surface area contributed by atoms with Gasteiger partial charge in [-0.2, -0.15) is 0 Å². The zero-order valence-electron chi connectivity index (χ0n) is 19.3. The van der Waals surface area contributed by atoms with Crippen LogP contribution >= 0.6 is 11.3 Å². The number of carboxylic acid groups (broad SMARTS) is 1. The van der Waals surface area contributed by atoms with Crippen LogP contribution in [0.2, 0.25) is 0 Å². The zero-order chi connectivity index (χ0) is 22.0. The molecule has 1 amide bonds. The van der Waals surface area contributed by atoms with Crippen molar-refractivity contribution in [3.63, 3.8) is 0 Å². The Morgan fingerprint density at radius 1 is 0.767 bits per heavy atom. The van der Waals surface area contributed by atoms with Crippen LogP contribution in [0.15, 0.2) is 12.1 Å². The molecule has 0 saturated carbocycles. The second kappa shape index (κ2) is 17.3. The predicted molar refractivity (Wildman–Crippen MR) is 129 cm³/mol. The molecule has 172 valence electrons. The highest BCUT2D eigenvalue weighted by Gasteiger charge is 2.18. The summed E-state index contributed by atoms with van der Waals surface area (Å²) in [6.07, 6.45) is 19.7. The standard InChI is InChI=1S/C25H43NO3S/c1-3-5-6-7-8-9-10-11-12-13-14-15-16-17-21-26(23(27)18-4-2)24-20-19-22(30-24)25(28)29/h19-20H,3-18,21H2,1-2H3,(H,28,29). The summed E-state index contributed by atoms with van der Waals surface area (Å²) in [4.78, 5) is 25.7. The Kier molecular flexibility index (Phi) is 15.4. The van der Waals surface area contributed by atoms with Crippen molar-refractivity contribution in [3.05, 3.63) is 17.0 Å². The fourth-order valence-corrected chi connectivity index (χ4v) is 4.65. The Labute approximate surface area is 188 Å². The van der Waals surface area contributed by atoms with Crippen molar-refractivity contribution in [1.82, 2.24) is 0 Å². The fraction of sp³-hybridized carbons (Fsp3) is 0.760. The van der Waals surface area contributed by atoms with Crippen LogP contribution in [0.4, 0.5) is 5.00 Å². The van der Waals surface area contributed by atoms with Gasteiger partial charge in [-0.1, -0.05) is 97.3 Å². The van der Waals surface area contributed by atoms with Crippen LogP contribution in [-0.2, 0) is 4.79 Å². The summed E-state index contributed by atoms with van der Waals surface area (Å²) < 4.78 is 0. The second-order valence-corrected chi connectivity index (χ2v) is 9.40. The first kappa shape index (κ1) is 26.7. The predicted octanol–water partition coefficient (Wildman–Crippen LogP) is 8.06. The smallest absolute Gasteiger partial charge is 0.345 e. The van der Waals surface area contributed by atoms with Gasteiger partial charge < -0.3 is 10.0 Å². The van der Waals surface area contributed by atoms with E-state index in [9.17, 15) is 9.59 Å². The summed E-state index contributed by atoms with van der Waals surface area (Å²) in [6.45, 7) is 4.96. The van der Waals surface area contributed by atoms with Crippen LogP contribution in [0, 0.1) is 0 Å². The molecular formula is C25H43NO3S. The molecule has 0 aliphatic carbocycles. The third-order valence-electron chi connectivity index (χ3n) is 5.57. The van der Waals surface area contributed by atoms with E-state index >= 15 is 0 Å². The molecule has 0 aromatic carbocycles. The lowest BCUT2D eigenvalue weighted by atomic mass is 10.0. The molecule has 0 spiro atoms. The van der Waals surface area contributed by atoms with Gasteiger partial charge in [0.2, 0.25) is 5.91 Å². The Balaban J connectivity index is 2.14. The molecule has 30 heavy (non-hydrogen) atoms. The molecule has 0 aliphatic rings. The number of rotatable bonds is 19. The van der Waals surface area contributed by atoms with E-state index < -0.39 is 5.97 Å². The van der Waals surface area contributed by atoms with Crippen molar-refractivity contribution in [2.75, 3.05) is 11.4 Å². The number of unbranched alkanes of at least 4 members (excludes halogenated alkanes) is 13. The van der Waals surface area contributed by atoms with Gasteiger partial charge in [-0.3, -0.25) is 4.79 Å². The van der Waals surface area contributed by atoms with Crippen LogP contribution in [-0.4, -0.2) is 23.5 Å². The molecule has 5 heteroatoms. The normalized spacial score (nSPS) is 11.0. The Bertz CT molecular complexity index is 585. The molecule has 0 atom stereocenters. The minimum atomic E-state index is -0.925. The number of hydrogen-bond acceptors (Lipinski definition) is 3. The molecule has 0 saturated heterocycles. The first-order valence-electron chi connectivity index (χ1n) is 12.2. The summed E-state index contributed by atoms with van der Waals surface area (Å²) in [5.74, 6) is -0.823. The topological polar surface area (TPSA) is 57.6 Å².